The van der Waals surface area contributed by atoms with Crippen molar-refractivity contribution < 1.29 is 14.3 Å². The summed E-state index contributed by atoms with van der Waals surface area (Å²) in [5.41, 5.74) is 0. The Hall–Kier alpha value is -1.71. The number of nitrogens with zero attached hydrogens (tertiary/aromatic N) is 1. The maximum Gasteiger partial charge on any atom is 0.226 e. The van der Waals surface area contributed by atoms with Crippen molar-refractivity contribution in [3.63, 3.8) is 0 Å². The number of benzene rings is 1. The van der Waals surface area contributed by atoms with E-state index in [1.807, 2.05) is 29.2 Å². The highest BCUT2D eigenvalue weighted by molar-refractivity contribution is 5.76. The Balaban J connectivity index is 1.83. The van der Waals surface area contributed by atoms with E-state index in [9.17, 15) is 4.79 Å². The van der Waals surface area contributed by atoms with Crippen LogP contribution in [0.2, 0.25) is 0 Å². The molecular formula is C17H25NO3. The van der Waals surface area contributed by atoms with Crippen molar-refractivity contribution >= 4 is 5.91 Å². The first-order chi connectivity index (χ1) is 10.3. The molecule has 0 aliphatic heterocycles. The molecule has 1 fully saturated rings. The zero-order chi connectivity index (χ0) is 15.1. The molecule has 116 valence electrons. The normalized spacial score (nSPS) is 15.0. The summed E-state index contributed by atoms with van der Waals surface area (Å²) in [5.74, 6) is 1.59. The molecule has 0 N–H and O–H groups in total. The van der Waals surface area contributed by atoms with Gasteiger partial charge in [-0.3, -0.25) is 4.79 Å². The Morgan fingerprint density at radius 2 is 1.90 bits per heavy atom. The molecule has 0 aromatic heterocycles. The molecule has 1 saturated carbocycles. The van der Waals surface area contributed by atoms with Crippen molar-refractivity contribution in [2.45, 2.75) is 45.1 Å². The lowest BCUT2D eigenvalue weighted by Gasteiger charge is -2.27. The van der Waals surface area contributed by atoms with Gasteiger partial charge in [-0.25, -0.2) is 0 Å². The van der Waals surface area contributed by atoms with Crippen LogP contribution < -0.4 is 9.47 Å². The van der Waals surface area contributed by atoms with E-state index in [-0.39, 0.29) is 5.91 Å². The number of rotatable bonds is 7. The quantitative estimate of drug-likeness (QED) is 0.774. The van der Waals surface area contributed by atoms with Gasteiger partial charge in [0, 0.05) is 12.6 Å². The minimum atomic E-state index is 0.194. The average molecular weight is 291 g/mol. The van der Waals surface area contributed by atoms with Crippen molar-refractivity contribution in [2.75, 3.05) is 20.3 Å². The molecule has 21 heavy (non-hydrogen) atoms. The number of amides is 1. The molecule has 0 radical (unpaired) electrons. The van der Waals surface area contributed by atoms with Gasteiger partial charge in [0.2, 0.25) is 5.91 Å². The van der Waals surface area contributed by atoms with Crippen LogP contribution in [-0.2, 0) is 4.79 Å². The van der Waals surface area contributed by atoms with Crippen molar-refractivity contribution in [3.05, 3.63) is 24.3 Å². The van der Waals surface area contributed by atoms with Crippen LogP contribution in [-0.4, -0.2) is 37.1 Å². The summed E-state index contributed by atoms with van der Waals surface area (Å²) < 4.78 is 10.9. The molecule has 0 heterocycles. The zero-order valence-electron chi connectivity index (χ0n) is 13.0. The third kappa shape index (κ3) is 4.13. The predicted molar refractivity (Wildman–Crippen MR) is 82.7 cm³/mol. The number of hydrogen-bond acceptors (Lipinski definition) is 3. The standard InChI is InChI=1S/C17H25NO3/c1-3-18(14-8-4-5-9-14)17(19)12-13-21-16-11-7-6-10-15(16)20-2/h6-7,10-11,14H,3-5,8-9,12-13H2,1-2H3. The highest BCUT2D eigenvalue weighted by atomic mass is 16.5. The molecule has 1 aliphatic rings. The molecule has 1 aliphatic carbocycles. The molecule has 1 aromatic carbocycles. The first-order valence-corrected chi connectivity index (χ1v) is 7.81. The monoisotopic (exact) mass is 291 g/mol. The number of methoxy groups -OCH3 is 1. The van der Waals surface area contributed by atoms with E-state index in [1.54, 1.807) is 7.11 Å². The predicted octanol–water partition coefficient (Wildman–Crippen LogP) is 3.26. The fraction of sp³-hybridized carbons (Fsp3) is 0.588. The molecule has 4 heteroatoms. The SMILES string of the molecule is CCN(C(=O)CCOc1ccccc1OC)C1CCCC1. The molecule has 1 aromatic rings. The van der Waals surface area contributed by atoms with Crippen LogP contribution in [0.5, 0.6) is 11.5 Å². The Morgan fingerprint density at radius 1 is 1.24 bits per heavy atom. The molecule has 0 bridgehead atoms. The lowest BCUT2D eigenvalue weighted by Crippen LogP contribution is -2.39. The lowest BCUT2D eigenvalue weighted by atomic mass is 10.2. The van der Waals surface area contributed by atoms with Crippen LogP contribution in [0.15, 0.2) is 24.3 Å². The zero-order valence-corrected chi connectivity index (χ0v) is 13.0. The topological polar surface area (TPSA) is 38.8 Å². The third-order valence-electron chi connectivity index (χ3n) is 4.07. The Kier molecular flexibility index (Phi) is 5.90. The van der Waals surface area contributed by atoms with Gasteiger partial charge in [-0.05, 0) is 31.9 Å². The van der Waals surface area contributed by atoms with E-state index >= 15 is 0 Å². The van der Waals surface area contributed by atoms with Gasteiger partial charge >= 0.3 is 0 Å². The minimum Gasteiger partial charge on any atom is -0.493 e. The summed E-state index contributed by atoms with van der Waals surface area (Å²) in [5, 5.41) is 0. The number of ether oxygens (including phenoxy) is 2. The first-order valence-electron chi connectivity index (χ1n) is 7.81. The molecule has 0 saturated heterocycles. The van der Waals surface area contributed by atoms with Crippen LogP contribution in [0.3, 0.4) is 0 Å². The molecule has 0 unspecified atom stereocenters. The minimum absolute atomic E-state index is 0.194. The van der Waals surface area contributed by atoms with E-state index in [0.29, 0.717) is 30.6 Å². The van der Waals surface area contributed by atoms with Crippen LogP contribution in [0.4, 0.5) is 0 Å². The largest absolute Gasteiger partial charge is 0.493 e. The van der Waals surface area contributed by atoms with Gasteiger partial charge in [0.1, 0.15) is 0 Å². The van der Waals surface area contributed by atoms with Crippen molar-refractivity contribution in [1.29, 1.82) is 0 Å². The summed E-state index contributed by atoms with van der Waals surface area (Å²) in [6.07, 6.45) is 5.20. The summed E-state index contributed by atoms with van der Waals surface area (Å²) >= 11 is 0. The second-order valence-corrected chi connectivity index (χ2v) is 5.37. The lowest BCUT2D eigenvalue weighted by molar-refractivity contribution is -0.133. The second-order valence-electron chi connectivity index (χ2n) is 5.37. The van der Waals surface area contributed by atoms with Gasteiger partial charge in [-0.1, -0.05) is 25.0 Å². The van der Waals surface area contributed by atoms with Gasteiger partial charge in [-0.2, -0.15) is 0 Å². The maximum atomic E-state index is 12.3. The van der Waals surface area contributed by atoms with Crippen molar-refractivity contribution in [3.8, 4) is 11.5 Å². The first kappa shape index (κ1) is 15.7. The average Bonchev–Trinajstić information content (AvgIpc) is 3.02. The van der Waals surface area contributed by atoms with Gasteiger partial charge in [0.05, 0.1) is 20.1 Å². The smallest absolute Gasteiger partial charge is 0.226 e. The number of carbonyl (C=O) groups is 1. The van der Waals surface area contributed by atoms with Gasteiger partial charge < -0.3 is 14.4 Å². The summed E-state index contributed by atoms with van der Waals surface area (Å²) in [7, 11) is 1.62. The van der Waals surface area contributed by atoms with E-state index in [1.165, 1.54) is 12.8 Å². The Morgan fingerprint density at radius 3 is 2.52 bits per heavy atom. The fourth-order valence-electron chi connectivity index (χ4n) is 2.98. The summed E-state index contributed by atoms with van der Waals surface area (Å²) in [6.45, 7) is 3.23. The van der Waals surface area contributed by atoms with Crippen LogP contribution in [0.1, 0.15) is 39.0 Å². The maximum absolute atomic E-state index is 12.3. The Bertz CT molecular complexity index is 455. The second kappa shape index (κ2) is 7.91. The van der Waals surface area contributed by atoms with Gasteiger partial charge in [0.25, 0.3) is 0 Å². The van der Waals surface area contributed by atoms with E-state index in [0.717, 1.165) is 19.4 Å². The van der Waals surface area contributed by atoms with E-state index in [4.69, 9.17) is 9.47 Å². The van der Waals surface area contributed by atoms with Gasteiger partial charge in [-0.15, -0.1) is 0 Å². The fourth-order valence-corrected chi connectivity index (χ4v) is 2.98. The molecular weight excluding hydrogens is 266 g/mol. The molecule has 0 atom stereocenters. The molecule has 4 nitrogen and oxygen atoms in total. The van der Waals surface area contributed by atoms with Gasteiger partial charge in [0.15, 0.2) is 11.5 Å². The molecule has 2 rings (SSSR count). The Labute approximate surface area is 127 Å². The number of hydrogen-bond donors (Lipinski definition) is 0. The van der Waals surface area contributed by atoms with Crippen LogP contribution in [0.25, 0.3) is 0 Å². The van der Waals surface area contributed by atoms with Crippen LogP contribution in [0, 0.1) is 0 Å². The highest BCUT2D eigenvalue weighted by Gasteiger charge is 2.24. The van der Waals surface area contributed by atoms with Crippen molar-refractivity contribution in [1.82, 2.24) is 4.90 Å². The van der Waals surface area contributed by atoms with E-state index < -0.39 is 0 Å². The summed E-state index contributed by atoms with van der Waals surface area (Å²) in [6, 6.07) is 7.95. The third-order valence-corrected chi connectivity index (χ3v) is 4.07. The number of carbonyl (C=O) groups excluding carboxylic acids is 1. The summed E-state index contributed by atoms with van der Waals surface area (Å²) in [4.78, 5) is 14.3. The van der Waals surface area contributed by atoms with Crippen LogP contribution >= 0.6 is 0 Å². The number of para-hydroxylation sites is 2. The van der Waals surface area contributed by atoms with Crippen molar-refractivity contribution in [2.24, 2.45) is 0 Å². The highest BCUT2D eigenvalue weighted by Crippen LogP contribution is 2.26. The molecule has 0 spiro atoms. The molecule has 1 amide bonds. The van der Waals surface area contributed by atoms with E-state index in [2.05, 4.69) is 6.92 Å².